The molecule has 8 aromatic rings. The zero-order chi connectivity index (χ0) is 90.7. The van der Waals surface area contributed by atoms with Crippen molar-refractivity contribution in [2.45, 2.75) is 232 Å². The number of hydrogen-bond donors (Lipinski definition) is 9. The summed E-state index contributed by atoms with van der Waals surface area (Å²) in [5, 5.41) is 4.91. The van der Waals surface area contributed by atoms with E-state index in [1.807, 2.05) is 31.2 Å². The summed E-state index contributed by atoms with van der Waals surface area (Å²) in [4.78, 5) is 100.0. The molecule has 128 heavy (non-hydrogen) atoms. The highest BCUT2D eigenvalue weighted by molar-refractivity contribution is 8.00. The summed E-state index contributed by atoms with van der Waals surface area (Å²) in [7, 11) is 7.04. The van der Waals surface area contributed by atoms with Crippen LogP contribution in [-0.2, 0) is 28.2 Å². The Morgan fingerprint density at radius 2 is 0.727 bits per heavy atom. The van der Waals surface area contributed by atoms with E-state index in [1.54, 1.807) is 77.2 Å². The van der Waals surface area contributed by atoms with E-state index >= 15 is 0 Å². The third-order valence-electron chi connectivity index (χ3n) is 30.1. The summed E-state index contributed by atoms with van der Waals surface area (Å²) >= 11 is 24.7. The molecule has 0 amide bonds. The molecule has 38 heteroatoms. The Morgan fingerprint density at radius 1 is 0.398 bits per heavy atom. The fraction of sp³-hybridized carbons (Fsp3) is 0.589. The van der Waals surface area contributed by atoms with E-state index < -0.39 is 0 Å². The van der Waals surface area contributed by atoms with E-state index in [2.05, 4.69) is 92.4 Å². The second kappa shape index (κ2) is 38.2. The minimum atomic E-state index is -0.168. The number of para-hydroxylation sites is 1. The van der Waals surface area contributed by atoms with E-state index in [-0.39, 0.29) is 98.1 Å². The molecule has 5 saturated carbocycles. The van der Waals surface area contributed by atoms with Crippen molar-refractivity contribution in [2.75, 3.05) is 125 Å². The van der Waals surface area contributed by atoms with Gasteiger partial charge in [0.1, 0.15) is 54.5 Å². The van der Waals surface area contributed by atoms with Gasteiger partial charge in [-0.15, -0.1) is 0 Å². The summed E-state index contributed by atoms with van der Waals surface area (Å²) in [6, 6.07) is 12.5. The number of nitrogens with zero attached hydrogens (tertiary/aromatic N) is 16. The lowest BCUT2D eigenvalue weighted by molar-refractivity contribution is 0.172. The van der Waals surface area contributed by atoms with Gasteiger partial charge in [0.2, 0.25) is 30.6 Å². The third kappa shape index (κ3) is 18.4. The maximum atomic E-state index is 13.4. The van der Waals surface area contributed by atoms with Gasteiger partial charge in [0.05, 0.1) is 25.7 Å². The van der Waals surface area contributed by atoms with Gasteiger partial charge in [0.25, 0.3) is 22.2 Å². The van der Waals surface area contributed by atoms with E-state index in [1.165, 1.54) is 98.4 Å². The smallest absolute Gasteiger partial charge is 0.270 e. The number of ether oxygens (including phenoxy) is 2. The number of aryl methyl sites for hydroxylation is 1. The van der Waals surface area contributed by atoms with Crippen LogP contribution >= 0.6 is 81.9 Å². The number of rotatable bonds is 15. The molecule has 17 N–H and O–H groups in total. The zero-order valence-electron chi connectivity index (χ0n) is 74.8. The Morgan fingerprint density at radius 3 is 1.07 bits per heavy atom. The average Bonchev–Trinajstić information content (AvgIpc) is 1.27. The summed E-state index contributed by atoms with van der Waals surface area (Å²) in [5.41, 5.74) is 52.4. The van der Waals surface area contributed by atoms with Crippen molar-refractivity contribution in [3.05, 3.63) is 117 Å². The Labute approximate surface area is 780 Å². The minimum absolute atomic E-state index is 0.157. The number of aromatic nitrogens is 11. The van der Waals surface area contributed by atoms with Crippen LogP contribution in [-0.4, -0.2) is 156 Å². The van der Waals surface area contributed by atoms with Crippen LogP contribution in [0.3, 0.4) is 0 Å². The molecular formula is C90H124Cl3N25O6S4. The molecule has 6 aliphatic heterocycles. The molecule has 8 atom stereocenters. The van der Waals surface area contributed by atoms with Crippen molar-refractivity contribution < 1.29 is 9.47 Å². The predicted molar refractivity (Wildman–Crippen MR) is 516 cm³/mol. The average molecular weight is 1890 g/mol. The fourth-order valence-electron chi connectivity index (χ4n) is 21.4. The Balaban J connectivity index is 0.000000125. The summed E-state index contributed by atoms with van der Waals surface area (Å²) in [6.45, 7) is 19.6. The number of hydrogen-bond acceptors (Lipinski definition) is 31. The van der Waals surface area contributed by atoms with Gasteiger partial charge in [-0.25, -0.2) is 9.97 Å². The van der Waals surface area contributed by atoms with Crippen molar-refractivity contribution in [3.63, 3.8) is 0 Å². The molecule has 19 rings (SSSR count). The minimum Gasteiger partial charge on any atom is -0.454 e. The molecule has 5 aliphatic carbocycles. The van der Waals surface area contributed by atoms with Crippen LogP contribution < -0.4 is 107 Å². The second-order valence-electron chi connectivity index (χ2n) is 37.7. The van der Waals surface area contributed by atoms with Crippen LogP contribution in [0.1, 0.15) is 162 Å². The molecule has 11 aliphatic rings. The topological polar surface area (TPSA) is 433 Å². The third-order valence-corrected chi connectivity index (χ3v) is 36.2. The van der Waals surface area contributed by atoms with Gasteiger partial charge < -0.3 is 85.2 Å². The molecule has 31 nitrogen and oxygen atoms in total. The van der Waals surface area contributed by atoms with Gasteiger partial charge in [0.15, 0.2) is 11.5 Å². The zero-order valence-corrected chi connectivity index (χ0v) is 80.3. The molecule has 10 fully saturated rings. The van der Waals surface area contributed by atoms with Crippen LogP contribution in [0.2, 0.25) is 15.1 Å². The van der Waals surface area contributed by atoms with Gasteiger partial charge >= 0.3 is 0 Å². The number of nitrogens with two attached hydrogens (primary N) is 8. The molecule has 0 bridgehead atoms. The quantitative estimate of drug-likeness (QED) is 0.0460. The Kier molecular flexibility index (Phi) is 27.8. The molecule has 1 aromatic carbocycles. The van der Waals surface area contributed by atoms with E-state index in [9.17, 15) is 19.2 Å². The van der Waals surface area contributed by atoms with Crippen molar-refractivity contribution in [1.82, 2.24) is 53.2 Å². The van der Waals surface area contributed by atoms with Crippen LogP contribution in [0.5, 0.6) is 11.5 Å². The molecule has 0 unspecified atom stereocenters. The number of nitrogens with one attached hydrogen (secondary N) is 1. The number of piperidine rings is 4. The van der Waals surface area contributed by atoms with Gasteiger partial charge in [-0.1, -0.05) is 116 Å². The van der Waals surface area contributed by atoms with Crippen molar-refractivity contribution in [2.24, 2.45) is 96.5 Å². The molecule has 7 aromatic heterocycles. The van der Waals surface area contributed by atoms with E-state index in [0.29, 0.717) is 111 Å². The highest BCUT2D eigenvalue weighted by Gasteiger charge is 2.51. The number of halogens is 3. The van der Waals surface area contributed by atoms with Gasteiger partial charge in [0, 0.05) is 157 Å². The first-order chi connectivity index (χ1) is 61.2. The van der Waals surface area contributed by atoms with Crippen LogP contribution in [0.25, 0.3) is 0 Å². The fourth-order valence-corrected chi connectivity index (χ4v) is 26.0. The number of fused-ring (bicyclic) bond motifs is 1. The first kappa shape index (κ1) is 93.1. The van der Waals surface area contributed by atoms with Crippen molar-refractivity contribution >= 4 is 141 Å². The number of pyridine rings is 3. The SMILES string of the molecule is C[C@@H]1CCC2(CCN(c3nc(N)c(Sc4cccc5c4OCO5)c(=O)n3C)CC2)[C@@H]1N.C[C@@H]1CCC2(CCN(c3nc(N)c(Sc4ccnc(N5CCCC5)c4Cl)c(=O)n3C)CC2)[C@@H]1N.C[C@@H]1CCC2(CCN(c3nc(N)c(Sc4ccnc(NC5CC5)c4Cl)c(=O)n3C)CC2)[C@@H]1N.Cc1nccc(Sc2c(N)nc(N3CCC4(CC[C@@H](C)[C@H]4N)CC3)n(C)c2=O)c1Cl. The lowest BCUT2D eigenvalue weighted by Crippen LogP contribution is -2.49. The lowest BCUT2D eigenvalue weighted by atomic mass is 9.73. The summed E-state index contributed by atoms with van der Waals surface area (Å²) in [5.74, 6) is 8.47. The number of benzene rings is 1. The summed E-state index contributed by atoms with van der Waals surface area (Å²) < 4.78 is 17.4. The van der Waals surface area contributed by atoms with E-state index in [0.717, 1.165) is 168 Å². The molecule has 4 spiro atoms. The molecular weight excluding hydrogens is 1760 g/mol. The Hall–Kier alpha value is -8.10. The highest BCUT2D eigenvalue weighted by Crippen LogP contribution is 2.54. The monoisotopic (exact) mass is 1880 g/mol. The van der Waals surface area contributed by atoms with Gasteiger partial charge in [-0.3, -0.25) is 42.4 Å². The predicted octanol–water partition coefficient (Wildman–Crippen LogP) is 12.8. The maximum absolute atomic E-state index is 13.4. The number of anilines is 10. The molecule has 13 heterocycles. The largest absolute Gasteiger partial charge is 0.454 e. The second-order valence-corrected chi connectivity index (χ2v) is 43.0. The van der Waals surface area contributed by atoms with E-state index in [4.69, 9.17) is 90.1 Å². The highest BCUT2D eigenvalue weighted by atomic mass is 35.5. The van der Waals surface area contributed by atoms with Crippen molar-refractivity contribution in [1.29, 1.82) is 0 Å². The molecule has 5 saturated heterocycles. The van der Waals surface area contributed by atoms with Gasteiger partial charge in [-0.05, 0) is 211 Å². The van der Waals surface area contributed by atoms with Crippen LogP contribution in [0, 0.1) is 52.3 Å². The standard InChI is InChI=1S/C24H34ClN7OS.C23H32ClN7OS.C22H29N5O3S.C21H29ClN6OS/c1-15-5-7-24(19(15)26)8-13-32(14-9-24)23-29-20(27)18(22(33)30(23)2)34-16-6-10-28-21(17(16)25)31-11-3-4-12-31;1-13-5-7-23(18(13)25)8-11-31(12-9-23)22-29-19(26)17(21(32)30(22)2)33-15-6-10-27-20(16(15)24)28-14-3-4-14;1-13-6-7-22(18(13)23)8-10-27(11-9-22)21-25-19(24)17(20(28)26(21)2)31-15-5-3-4-14-16(15)30-12-29-14;1-12-4-6-21(17(12)23)7-10-28(11-8-21)20-26-18(24)16(19(29)27(20)3)30-14-5-9-25-13(2)15(14)22/h6,10,15,19H,3-5,7-9,11-14,26-27H2,1-2H3;6,10,13-14,18H,3-5,7-9,11-12,25-26H2,1-2H3,(H,27,28);3-5,13,18H,6-12,23-24H2,1-2H3;5,9,12,17H,4,6-8,10-11,23-24H2,1-3H3/t15-,19-;2*13-,18-;12-,17-/m1111/s1. The maximum Gasteiger partial charge on any atom is 0.270 e. The first-order valence-corrected chi connectivity index (χ1v) is 49.6. The van der Waals surface area contributed by atoms with Crippen LogP contribution in [0.4, 0.5) is 58.7 Å². The summed E-state index contributed by atoms with van der Waals surface area (Å²) in [6.07, 6.45) is 27.4. The van der Waals surface area contributed by atoms with Gasteiger partial charge in [-0.2, -0.15) is 19.9 Å². The first-order valence-electron chi connectivity index (χ1n) is 45.2. The number of nitrogen functional groups attached to an aromatic ring is 4. The van der Waals surface area contributed by atoms with Crippen LogP contribution in [0.15, 0.2) is 113 Å². The van der Waals surface area contributed by atoms with Crippen molar-refractivity contribution in [3.8, 4) is 11.5 Å². The lowest BCUT2D eigenvalue weighted by Gasteiger charge is -2.43. The Bertz CT molecular complexity index is 5690. The molecule has 0 radical (unpaired) electrons. The normalized spacial score (nSPS) is 24.1. The molecule has 690 valence electrons.